The van der Waals surface area contributed by atoms with Gasteiger partial charge in [-0.25, -0.2) is 0 Å². The van der Waals surface area contributed by atoms with Crippen molar-refractivity contribution in [2.45, 2.75) is 44.9 Å². The Morgan fingerprint density at radius 1 is 0.917 bits per heavy atom. The quantitative estimate of drug-likeness (QED) is 0.583. The molecule has 0 spiro atoms. The molecule has 1 saturated heterocycles. The SMILES string of the molecule is [CH2]CCCCN1CCCCCC1. The summed E-state index contributed by atoms with van der Waals surface area (Å²) in [5.74, 6) is 0. The monoisotopic (exact) mass is 168 g/mol. The molecule has 1 heterocycles. The van der Waals surface area contributed by atoms with E-state index in [0.29, 0.717) is 0 Å². The molecule has 0 N–H and O–H groups in total. The number of hydrogen-bond donors (Lipinski definition) is 0. The zero-order valence-corrected chi connectivity index (χ0v) is 8.23. The highest BCUT2D eigenvalue weighted by Gasteiger charge is 2.07. The third-order valence-electron chi connectivity index (χ3n) is 2.67. The maximum absolute atomic E-state index is 3.87. The fourth-order valence-electron chi connectivity index (χ4n) is 1.87. The van der Waals surface area contributed by atoms with Crippen LogP contribution in [0.15, 0.2) is 0 Å². The molecule has 1 heteroatoms. The Morgan fingerprint density at radius 3 is 2.17 bits per heavy atom. The first-order chi connectivity index (χ1) is 5.93. The van der Waals surface area contributed by atoms with Gasteiger partial charge in [0, 0.05) is 0 Å². The molecule has 71 valence electrons. The summed E-state index contributed by atoms with van der Waals surface area (Å²) in [6.07, 6.45) is 9.50. The highest BCUT2D eigenvalue weighted by atomic mass is 15.1. The Bertz CT molecular complexity index is 93.2. The van der Waals surface area contributed by atoms with E-state index in [9.17, 15) is 0 Å². The van der Waals surface area contributed by atoms with Gasteiger partial charge < -0.3 is 4.90 Å². The Kier molecular flexibility index (Phi) is 5.42. The van der Waals surface area contributed by atoms with E-state index in [1.165, 1.54) is 58.2 Å². The van der Waals surface area contributed by atoms with Crippen LogP contribution in [0.5, 0.6) is 0 Å². The zero-order valence-electron chi connectivity index (χ0n) is 8.23. The summed E-state index contributed by atoms with van der Waals surface area (Å²) in [5, 5.41) is 0. The van der Waals surface area contributed by atoms with Gasteiger partial charge in [0.25, 0.3) is 0 Å². The van der Waals surface area contributed by atoms with Gasteiger partial charge >= 0.3 is 0 Å². The first-order valence-electron chi connectivity index (χ1n) is 5.45. The van der Waals surface area contributed by atoms with Crippen LogP contribution in [0, 0.1) is 6.92 Å². The average Bonchev–Trinajstić information content (AvgIpc) is 2.33. The molecule has 12 heavy (non-hydrogen) atoms. The van der Waals surface area contributed by atoms with Crippen molar-refractivity contribution in [2.75, 3.05) is 19.6 Å². The van der Waals surface area contributed by atoms with Gasteiger partial charge in [-0.05, 0) is 38.9 Å². The molecule has 0 unspecified atom stereocenters. The van der Waals surface area contributed by atoms with E-state index >= 15 is 0 Å². The first kappa shape index (κ1) is 10.0. The maximum atomic E-state index is 3.87. The number of hydrogen-bond acceptors (Lipinski definition) is 1. The van der Waals surface area contributed by atoms with Gasteiger partial charge in [-0.3, -0.25) is 0 Å². The van der Waals surface area contributed by atoms with Crippen molar-refractivity contribution in [1.82, 2.24) is 4.90 Å². The third kappa shape index (κ3) is 4.10. The lowest BCUT2D eigenvalue weighted by Gasteiger charge is -2.18. The Morgan fingerprint density at radius 2 is 1.58 bits per heavy atom. The molecule has 1 nitrogen and oxygen atoms in total. The largest absolute Gasteiger partial charge is 0.303 e. The second-order valence-electron chi connectivity index (χ2n) is 3.82. The summed E-state index contributed by atoms with van der Waals surface area (Å²) >= 11 is 0. The number of unbranched alkanes of at least 4 members (excludes halogenated alkanes) is 2. The molecule has 1 aliphatic heterocycles. The number of likely N-dealkylation sites (tertiary alicyclic amines) is 1. The lowest BCUT2D eigenvalue weighted by molar-refractivity contribution is 0.279. The summed E-state index contributed by atoms with van der Waals surface area (Å²) in [4.78, 5) is 2.63. The van der Waals surface area contributed by atoms with Crippen LogP contribution < -0.4 is 0 Å². The minimum Gasteiger partial charge on any atom is -0.303 e. The second-order valence-corrected chi connectivity index (χ2v) is 3.82. The lowest BCUT2D eigenvalue weighted by Crippen LogP contribution is -2.25. The molecule has 0 aromatic rings. The molecule has 0 amide bonds. The lowest BCUT2D eigenvalue weighted by atomic mass is 10.2. The molecule has 0 aromatic heterocycles. The topological polar surface area (TPSA) is 3.24 Å². The Labute approximate surface area is 77.1 Å². The van der Waals surface area contributed by atoms with Gasteiger partial charge in [-0.2, -0.15) is 0 Å². The van der Waals surface area contributed by atoms with Crippen molar-refractivity contribution in [3.63, 3.8) is 0 Å². The summed E-state index contributed by atoms with van der Waals surface area (Å²) in [7, 11) is 0. The van der Waals surface area contributed by atoms with Gasteiger partial charge in [0.05, 0.1) is 0 Å². The highest BCUT2D eigenvalue weighted by Crippen LogP contribution is 2.10. The third-order valence-corrected chi connectivity index (χ3v) is 2.67. The Hall–Kier alpha value is -0.0400. The fourth-order valence-corrected chi connectivity index (χ4v) is 1.87. The second kappa shape index (κ2) is 6.47. The molecule has 0 aliphatic carbocycles. The number of rotatable bonds is 4. The average molecular weight is 168 g/mol. The van der Waals surface area contributed by atoms with Crippen LogP contribution in [0.25, 0.3) is 0 Å². The molecule has 1 aliphatic rings. The van der Waals surface area contributed by atoms with Gasteiger partial charge in [0.15, 0.2) is 0 Å². The van der Waals surface area contributed by atoms with Crippen molar-refractivity contribution in [3.8, 4) is 0 Å². The maximum Gasteiger partial charge on any atom is -0.00187 e. The van der Waals surface area contributed by atoms with Gasteiger partial charge in [-0.15, -0.1) is 0 Å². The molecule has 1 fully saturated rings. The molecule has 1 rings (SSSR count). The smallest absolute Gasteiger partial charge is 0.00187 e. The van der Waals surface area contributed by atoms with Crippen LogP contribution in [0.3, 0.4) is 0 Å². The zero-order chi connectivity index (χ0) is 8.65. The summed E-state index contributed by atoms with van der Waals surface area (Å²) in [6, 6.07) is 0. The van der Waals surface area contributed by atoms with Crippen LogP contribution in [-0.4, -0.2) is 24.5 Å². The van der Waals surface area contributed by atoms with Crippen molar-refractivity contribution in [3.05, 3.63) is 6.92 Å². The molecule has 1 radical (unpaired) electrons. The molecule has 0 bridgehead atoms. The van der Waals surface area contributed by atoms with Gasteiger partial charge in [0.2, 0.25) is 0 Å². The van der Waals surface area contributed by atoms with Crippen molar-refractivity contribution in [2.24, 2.45) is 0 Å². The van der Waals surface area contributed by atoms with E-state index in [4.69, 9.17) is 0 Å². The summed E-state index contributed by atoms with van der Waals surface area (Å²) in [6.45, 7) is 7.87. The van der Waals surface area contributed by atoms with Crippen molar-refractivity contribution >= 4 is 0 Å². The van der Waals surface area contributed by atoms with E-state index in [-0.39, 0.29) is 0 Å². The van der Waals surface area contributed by atoms with Crippen LogP contribution in [0.2, 0.25) is 0 Å². The van der Waals surface area contributed by atoms with Crippen LogP contribution in [0.4, 0.5) is 0 Å². The standard InChI is InChI=1S/C11H22N/c1-2-3-6-9-12-10-7-4-5-8-11-12/h1-11H2. The van der Waals surface area contributed by atoms with E-state index in [1.54, 1.807) is 0 Å². The normalized spacial score (nSPS) is 20.8. The van der Waals surface area contributed by atoms with Crippen LogP contribution in [-0.2, 0) is 0 Å². The summed E-state index contributed by atoms with van der Waals surface area (Å²) < 4.78 is 0. The van der Waals surface area contributed by atoms with E-state index in [2.05, 4.69) is 11.8 Å². The van der Waals surface area contributed by atoms with E-state index in [1.807, 2.05) is 0 Å². The van der Waals surface area contributed by atoms with Crippen molar-refractivity contribution in [1.29, 1.82) is 0 Å². The van der Waals surface area contributed by atoms with Crippen LogP contribution in [0.1, 0.15) is 44.9 Å². The summed E-state index contributed by atoms with van der Waals surface area (Å²) in [5.41, 5.74) is 0. The van der Waals surface area contributed by atoms with Gasteiger partial charge in [-0.1, -0.05) is 32.6 Å². The number of nitrogens with zero attached hydrogens (tertiary/aromatic N) is 1. The molecule has 0 aromatic carbocycles. The predicted molar refractivity (Wildman–Crippen MR) is 54.1 cm³/mol. The van der Waals surface area contributed by atoms with Crippen LogP contribution >= 0.6 is 0 Å². The molecular formula is C11H22N. The minimum atomic E-state index is 1.10. The fraction of sp³-hybridized carbons (Fsp3) is 0.909. The molecular weight excluding hydrogens is 146 g/mol. The first-order valence-corrected chi connectivity index (χ1v) is 5.45. The Balaban J connectivity index is 2.04. The van der Waals surface area contributed by atoms with E-state index < -0.39 is 0 Å². The van der Waals surface area contributed by atoms with E-state index in [0.717, 1.165) is 6.42 Å². The molecule has 0 saturated carbocycles. The molecule has 0 atom stereocenters. The highest BCUT2D eigenvalue weighted by molar-refractivity contribution is 4.63. The minimum absolute atomic E-state index is 1.10. The predicted octanol–water partition coefficient (Wildman–Crippen LogP) is 2.87. The van der Waals surface area contributed by atoms with Crippen molar-refractivity contribution < 1.29 is 0 Å². The van der Waals surface area contributed by atoms with Gasteiger partial charge in [0.1, 0.15) is 0 Å².